The fourth-order valence-corrected chi connectivity index (χ4v) is 3.65. The fraction of sp³-hybridized carbons (Fsp3) is 0.250. The molecule has 2 aromatic heterocycles. The van der Waals surface area contributed by atoms with Gasteiger partial charge in [-0.3, -0.25) is 10.1 Å². The minimum absolute atomic E-state index is 0.0738. The second-order valence-corrected chi connectivity index (χ2v) is 7.68. The molecular weight excluding hydrogens is 420 g/mol. The number of methoxy groups -OCH3 is 1. The molecule has 170 valence electrons. The number of imidazole rings is 1. The first-order valence-corrected chi connectivity index (χ1v) is 10.7. The molecule has 33 heavy (non-hydrogen) atoms. The molecular formula is C24H26N6O3. The largest absolute Gasteiger partial charge is 0.377 e. The number of carbonyl (C=O) groups is 2. The quantitative estimate of drug-likeness (QED) is 0.499. The van der Waals surface area contributed by atoms with Gasteiger partial charge in [0.1, 0.15) is 0 Å². The third-order valence-corrected chi connectivity index (χ3v) is 5.60. The van der Waals surface area contributed by atoms with Crippen molar-refractivity contribution in [2.24, 2.45) is 0 Å². The van der Waals surface area contributed by atoms with Crippen molar-refractivity contribution >= 4 is 34.4 Å². The fourth-order valence-electron chi connectivity index (χ4n) is 3.65. The Kier molecular flexibility index (Phi) is 6.23. The Morgan fingerprint density at radius 3 is 2.79 bits per heavy atom. The minimum Gasteiger partial charge on any atom is -0.377 e. The monoisotopic (exact) mass is 446 g/mol. The van der Waals surface area contributed by atoms with Crippen LogP contribution in [0.1, 0.15) is 26.3 Å². The number of benzene rings is 1. The van der Waals surface area contributed by atoms with E-state index in [1.54, 1.807) is 24.1 Å². The number of ketones is 1. The van der Waals surface area contributed by atoms with Crippen molar-refractivity contribution in [1.29, 1.82) is 0 Å². The Bertz CT molecular complexity index is 1300. The number of rotatable bonds is 6. The summed E-state index contributed by atoms with van der Waals surface area (Å²) < 4.78 is 7.07. The third kappa shape index (κ3) is 4.49. The molecule has 0 bridgehead atoms. The number of hydrogen-bond acceptors (Lipinski definition) is 5. The number of nitrogens with one attached hydrogen (secondary N) is 3. The van der Waals surface area contributed by atoms with Gasteiger partial charge in [0.05, 0.1) is 22.8 Å². The van der Waals surface area contributed by atoms with Crippen molar-refractivity contribution < 1.29 is 14.3 Å². The second-order valence-electron chi connectivity index (χ2n) is 7.68. The Labute approximate surface area is 191 Å². The number of hydrogen-bond donors (Lipinski definition) is 3. The molecule has 0 fully saturated rings. The molecule has 0 saturated carbocycles. The van der Waals surface area contributed by atoms with Crippen LogP contribution in [0, 0.1) is 0 Å². The van der Waals surface area contributed by atoms with Crippen molar-refractivity contribution in [1.82, 2.24) is 25.1 Å². The molecule has 3 N–H and O–H groups in total. The summed E-state index contributed by atoms with van der Waals surface area (Å²) >= 11 is 0. The average molecular weight is 447 g/mol. The zero-order valence-electron chi connectivity index (χ0n) is 19.0. The van der Waals surface area contributed by atoms with Gasteiger partial charge in [0.15, 0.2) is 5.78 Å². The van der Waals surface area contributed by atoms with E-state index in [0.29, 0.717) is 29.1 Å². The van der Waals surface area contributed by atoms with Gasteiger partial charge >= 0.3 is 6.03 Å². The van der Waals surface area contributed by atoms with E-state index >= 15 is 0 Å². The molecule has 2 heterocycles. The summed E-state index contributed by atoms with van der Waals surface area (Å²) in [6.07, 6.45) is 8.72. The first-order chi connectivity index (χ1) is 15.9. The Morgan fingerprint density at radius 2 is 2.12 bits per heavy atom. The summed E-state index contributed by atoms with van der Waals surface area (Å²) in [4.78, 5) is 32.5. The molecule has 9 heteroatoms. The molecule has 0 aliphatic heterocycles. The summed E-state index contributed by atoms with van der Waals surface area (Å²) in [7, 11) is 1.62. The maximum atomic E-state index is 12.9. The first-order valence-electron chi connectivity index (χ1n) is 10.7. The lowest BCUT2D eigenvalue weighted by atomic mass is 9.91. The third-order valence-electron chi connectivity index (χ3n) is 5.60. The van der Waals surface area contributed by atoms with Crippen molar-refractivity contribution in [3.8, 4) is 5.69 Å². The summed E-state index contributed by atoms with van der Waals surface area (Å²) in [5.74, 6) is 0.246. The molecule has 2 amide bonds. The highest BCUT2D eigenvalue weighted by molar-refractivity contribution is 6.14. The minimum atomic E-state index is -0.346. The van der Waals surface area contributed by atoms with Crippen LogP contribution in [-0.4, -0.2) is 51.3 Å². The number of urea groups is 1. The van der Waals surface area contributed by atoms with Crippen LogP contribution in [0.25, 0.3) is 22.3 Å². The van der Waals surface area contributed by atoms with Gasteiger partial charge in [-0.05, 0) is 61.8 Å². The van der Waals surface area contributed by atoms with E-state index in [4.69, 9.17) is 4.74 Å². The molecule has 1 aromatic carbocycles. The molecule has 4 rings (SSSR count). The highest BCUT2D eigenvalue weighted by atomic mass is 16.5. The molecule has 1 atom stereocenters. The molecule has 9 nitrogen and oxygen atoms in total. The van der Waals surface area contributed by atoms with E-state index in [9.17, 15) is 9.59 Å². The predicted octanol–water partition coefficient (Wildman–Crippen LogP) is 3.76. The highest BCUT2D eigenvalue weighted by Crippen LogP contribution is 2.30. The van der Waals surface area contributed by atoms with Crippen molar-refractivity contribution in [3.63, 3.8) is 0 Å². The van der Waals surface area contributed by atoms with E-state index in [0.717, 1.165) is 22.4 Å². The van der Waals surface area contributed by atoms with Gasteiger partial charge in [-0.15, -0.1) is 0 Å². The maximum Gasteiger partial charge on any atom is 0.321 e. The average Bonchev–Trinajstić information content (AvgIpc) is 3.47. The highest BCUT2D eigenvalue weighted by Gasteiger charge is 2.19. The molecule has 0 spiro atoms. The smallest absolute Gasteiger partial charge is 0.321 e. The zero-order chi connectivity index (χ0) is 23.5. The number of aromatic nitrogens is 4. The topological polar surface area (TPSA) is 114 Å². The van der Waals surface area contributed by atoms with Crippen LogP contribution in [0.5, 0.6) is 0 Å². The van der Waals surface area contributed by atoms with E-state index in [-0.39, 0.29) is 17.9 Å². The van der Waals surface area contributed by atoms with Gasteiger partial charge in [0.2, 0.25) is 5.95 Å². The molecule has 0 saturated heterocycles. The van der Waals surface area contributed by atoms with Crippen LogP contribution in [0.2, 0.25) is 0 Å². The van der Waals surface area contributed by atoms with E-state index < -0.39 is 0 Å². The summed E-state index contributed by atoms with van der Waals surface area (Å²) in [5, 5.41) is 9.72. The van der Waals surface area contributed by atoms with E-state index in [1.165, 1.54) is 0 Å². The van der Waals surface area contributed by atoms with Gasteiger partial charge in [-0.25, -0.2) is 14.5 Å². The number of aromatic amines is 1. The second kappa shape index (κ2) is 9.25. The maximum absolute atomic E-state index is 12.9. The number of ether oxygens (including phenoxy) is 1. The SMILES string of the molecule is CCNC(=O)Nc1nc2cc(C3=CC(=O)/C(=C(\C)[C@@H](C)OC)C=C3)cc(-n3cccn3)c2[nH]1. The van der Waals surface area contributed by atoms with Gasteiger partial charge in [-0.2, -0.15) is 5.10 Å². The summed E-state index contributed by atoms with van der Waals surface area (Å²) in [6, 6.07) is 5.29. The number of amides is 2. The van der Waals surface area contributed by atoms with Crippen molar-refractivity contribution in [3.05, 3.63) is 65.5 Å². The summed E-state index contributed by atoms with van der Waals surface area (Å²) in [6.45, 7) is 6.16. The van der Waals surface area contributed by atoms with Gasteiger partial charge in [-0.1, -0.05) is 12.2 Å². The molecule has 1 aliphatic carbocycles. The van der Waals surface area contributed by atoms with Crippen molar-refractivity contribution in [2.45, 2.75) is 26.9 Å². The number of anilines is 1. The standard InChI is InChI=1S/C24H26N6O3/c1-5-25-24(32)29-23-27-19-11-17(12-20(22(19)28-23)30-10-6-9-26-30)16-7-8-18(21(31)13-16)14(2)15(3)33-4/h6-13,15H,5H2,1-4H3,(H3,25,27,28,29,32)/b18-14+/t15-/m1/s1. The molecule has 1 aliphatic rings. The number of carbonyl (C=O) groups excluding carboxylic acids is 2. The van der Waals surface area contributed by atoms with Crippen LogP contribution in [0.4, 0.5) is 10.7 Å². The first kappa shape index (κ1) is 22.2. The van der Waals surface area contributed by atoms with Crippen LogP contribution >= 0.6 is 0 Å². The van der Waals surface area contributed by atoms with Crippen LogP contribution in [0.3, 0.4) is 0 Å². The number of nitrogens with zero attached hydrogens (tertiary/aromatic N) is 3. The normalized spacial score (nSPS) is 16.0. The van der Waals surface area contributed by atoms with Gasteiger partial charge in [0.25, 0.3) is 0 Å². The summed E-state index contributed by atoms with van der Waals surface area (Å²) in [5.41, 5.74) is 5.19. The lowest BCUT2D eigenvalue weighted by Crippen LogP contribution is -2.28. The zero-order valence-corrected chi connectivity index (χ0v) is 19.0. The Balaban J connectivity index is 1.77. The Hall–Kier alpha value is -3.98. The van der Waals surface area contributed by atoms with E-state index in [2.05, 4.69) is 25.7 Å². The predicted molar refractivity (Wildman–Crippen MR) is 127 cm³/mol. The van der Waals surface area contributed by atoms with Crippen LogP contribution < -0.4 is 10.6 Å². The number of fused-ring (bicyclic) bond motifs is 1. The van der Waals surface area contributed by atoms with E-state index in [1.807, 2.05) is 57.3 Å². The molecule has 0 radical (unpaired) electrons. The number of allylic oxidation sites excluding steroid dienone is 5. The van der Waals surface area contributed by atoms with Crippen LogP contribution in [0.15, 0.2) is 60.0 Å². The van der Waals surface area contributed by atoms with Gasteiger partial charge in [0, 0.05) is 31.6 Å². The molecule has 0 unspecified atom stereocenters. The lowest BCUT2D eigenvalue weighted by Gasteiger charge is -2.16. The Morgan fingerprint density at radius 1 is 1.30 bits per heavy atom. The van der Waals surface area contributed by atoms with Crippen molar-refractivity contribution in [2.75, 3.05) is 19.0 Å². The van der Waals surface area contributed by atoms with Gasteiger partial charge < -0.3 is 15.0 Å². The lowest BCUT2D eigenvalue weighted by molar-refractivity contribution is -0.111. The van der Waals surface area contributed by atoms with Crippen LogP contribution in [-0.2, 0) is 9.53 Å². The number of H-pyrrole nitrogens is 1. The molecule has 3 aromatic rings.